The van der Waals surface area contributed by atoms with E-state index in [4.69, 9.17) is 24.7 Å². The molecule has 0 bridgehead atoms. The third-order valence-electron chi connectivity index (χ3n) is 5.73. The van der Waals surface area contributed by atoms with Crippen LogP contribution in [0.1, 0.15) is 12.6 Å². The van der Waals surface area contributed by atoms with Gasteiger partial charge in [-0.1, -0.05) is 0 Å². The van der Waals surface area contributed by atoms with Gasteiger partial charge < -0.3 is 45.3 Å². The summed E-state index contributed by atoms with van der Waals surface area (Å²) in [7, 11) is 1.21. The van der Waals surface area contributed by atoms with Crippen molar-refractivity contribution in [3.8, 4) is 0 Å². The van der Waals surface area contributed by atoms with E-state index in [1.165, 1.54) is 7.11 Å². The Hall–Kier alpha value is -2.73. The van der Waals surface area contributed by atoms with E-state index >= 15 is 0 Å². The minimum absolute atomic E-state index is 0.337. The number of carbonyl (C=O) groups excluding carboxylic acids is 2. The molecule has 37 heavy (non-hydrogen) atoms. The maximum absolute atomic E-state index is 12.4. The van der Waals surface area contributed by atoms with Crippen LogP contribution >= 0.6 is 11.8 Å². The fraction of sp³-hybridized carbons (Fsp3) is 0.619. The molecule has 0 saturated carbocycles. The van der Waals surface area contributed by atoms with Gasteiger partial charge in [0.15, 0.2) is 18.1 Å². The van der Waals surface area contributed by atoms with Crippen molar-refractivity contribution in [2.75, 3.05) is 25.7 Å². The van der Waals surface area contributed by atoms with Crippen molar-refractivity contribution < 1.29 is 43.9 Å². The van der Waals surface area contributed by atoms with Gasteiger partial charge in [-0.25, -0.2) is 4.79 Å². The summed E-state index contributed by atoms with van der Waals surface area (Å²) in [6.07, 6.45) is -7.70. The van der Waals surface area contributed by atoms with Crippen molar-refractivity contribution in [1.82, 2.24) is 14.9 Å². The Balaban J connectivity index is 1.79. The number of thioether (sulfide) groups is 1. The molecule has 3 rings (SSSR count). The van der Waals surface area contributed by atoms with E-state index < -0.39 is 72.2 Å². The zero-order chi connectivity index (χ0) is 27.3. The number of aromatic nitrogens is 2. The van der Waals surface area contributed by atoms with Gasteiger partial charge in [0.05, 0.1) is 0 Å². The largest absolute Gasteiger partial charge is 0.456 e. The summed E-state index contributed by atoms with van der Waals surface area (Å²) in [6, 6.07) is 1.03. The second kappa shape index (κ2) is 12.7. The van der Waals surface area contributed by atoms with Gasteiger partial charge in [0.25, 0.3) is 11.5 Å². The standard InChI is InChI=1S/C21H30N4O11S/c1-33-14-13(29)19(25-6-4-11(27)24-21(25)32)35-15(14)16(17(22)30)36-20-12(28)9(26)8-10(34-20)18(31)23-5-3-7-37-2/h4,6,8-9,12-16,19-20,26,28-29H,3,5,7H2,1-2H3,(H2,22,30)(H,23,31)(H,24,27,32)/t9-,12-,13-,14+,15+,16-,19-,20+/m1/s1. The van der Waals surface area contributed by atoms with Gasteiger partial charge in [0.2, 0.25) is 12.2 Å². The lowest BCUT2D eigenvalue weighted by Gasteiger charge is -2.35. The lowest BCUT2D eigenvalue weighted by atomic mass is 10.0. The zero-order valence-electron chi connectivity index (χ0n) is 20.0. The fourth-order valence-corrected chi connectivity index (χ4v) is 4.33. The SMILES string of the molecule is CO[C@H]1[C@@H](O)[C@H](n2ccc(=O)[nH]c2=O)O[C@@H]1[C@@H](O[C@@H]1OC(C(=O)NCCCSC)=C[C@@H](O)[C@H]1O)C(N)=O. The highest BCUT2D eigenvalue weighted by Crippen LogP contribution is 2.34. The molecule has 0 unspecified atom stereocenters. The van der Waals surface area contributed by atoms with Crippen LogP contribution in [0.2, 0.25) is 0 Å². The van der Waals surface area contributed by atoms with E-state index in [0.29, 0.717) is 13.0 Å². The first-order valence-electron chi connectivity index (χ1n) is 11.2. The van der Waals surface area contributed by atoms with Gasteiger partial charge in [-0.15, -0.1) is 0 Å². The Morgan fingerprint density at radius 3 is 2.65 bits per heavy atom. The molecule has 8 atom stereocenters. The molecule has 0 aromatic carbocycles. The van der Waals surface area contributed by atoms with Crippen molar-refractivity contribution in [2.45, 2.75) is 55.6 Å². The molecule has 7 N–H and O–H groups in total. The minimum atomic E-state index is -1.74. The molecular weight excluding hydrogens is 516 g/mol. The highest BCUT2D eigenvalue weighted by atomic mass is 32.2. The average molecular weight is 547 g/mol. The van der Waals surface area contributed by atoms with Crippen LogP contribution in [0.4, 0.5) is 0 Å². The number of ether oxygens (including phenoxy) is 4. The maximum atomic E-state index is 12.4. The number of H-pyrrole nitrogens is 1. The number of rotatable bonds is 11. The zero-order valence-corrected chi connectivity index (χ0v) is 20.8. The minimum Gasteiger partial charge on any atom is -0.456 e. The second-order valence-electron chi connectivity index (χ2n) is 8.26. The number of hydrogen-bond acceptors (Lipinski definition) is 12. The number of aliphatic hydroxyl groups is 3. The molecule has 1 aromatic rings. The summed E-state index contributed by atoms with van der Waals surface area (Å²) in [4.78, 5) is 50.4. The summed E-state index contributed by atoms with van der Waals surface area (Å²) in [5.74, 6) is -1.32. The summed E-state index contributed by atoms with van der Waals surface area (Å²) < 4.78 is 22.8. The van der Waals surface area contributed by atoms with Crippen LogP contribution in [-0.2, 0) is 28.5 Å². The predicted molar refractivity (Wildman–Crippen MR) is 127 cm³/mol. The van der Waals surface area contributed by atoms with Crippen LogP contribution in [0, 0.1) is 0 Å². The quantitative estimate of drug-likeness (QED) is 0.149. The topological polar surface area (TPSA) is 225 Å². The molecule has 0 aliphatic carbocycles. The van der Waals surface area contributed by atoms with Crippen molar-refractivity contribution in [2.24, 2.45) is 5.73 Å². The molecule has 2 aliphatic rings. The molecule has 1 fully saturated rings. The third-order valence-corrected chi connectivity index (χ3v) is 6.43. The Labute approximate surface area is 214 Å². The number of aliphatic hydroxyl groups excluding tert-OH is 3. The molecule has 1 aromatic heterocycles. The molecule has 2 amide bonds. The van der Waals surface area contributed by atoms with Gasteiger partial charge >= 0.3 is 5.69 Å². The Morgan fingerprint density at radius 1 is 1.30 bits per heavy atom. The summed E-state index contributed by atoms with van der Waals surface area (Å²) in [5, 5.41) is 34.0. The number of primary amides is 1. The van der Waals surface area contributed by atoms with Crippen LogP contribution in [0.25, 0.3) is 0 Å². The summed E-state index contributed by atoms with van der Waals surface area (Å²) in [6.45, 7) is 0.337. The number of nitrogens with one attached hydrogen (secondary N) is 2. The lowest BCUT2D eigenvalue weighted by molar-refractivity contribution is -0.241. The van der Waals surface area contributed by atoms with Crippen molar-refractivity contribution in [1.29, 1.82) is 0 Å². The number of nitrogens with zero attached hydrogens (tertiary/aromatic N) is 1. The smallest absolute Gasteiger partial charge is 0.330 e. The third kappa shape index (κ3) is 6.59. The van der Waals surface area contributed by atoms with Crippen molar-refractivity contribution in [3.63, 3.8) is 0 Å². The number of carbonyl (C=O) groups is 2. The van der Waals surface area contributed by atoms with Crippen LogP contribution in [0.15, 0.2) is 33.7 Å². The molecule has 15 nitrogen and oxygen atoms in total. The first kappa shape index (κ1) is 28.8. The monoisotopic (exact) mass is 546 g/mol. The van der Waals surface area contributed by atoms with E-state index in [1.807, 2.05) is 11.2 Å². The number of methoxy groups -OCH3 is 1. The maximum Gasteiger partial charge on any atom is 0.330 e. The Kier molecular flexibility index (Phi) is 9.88. The molecule has 0 radical (unpaired) electrons. The van der Waals surface area contributed by atoms with Crippen LogP contribution in [0.5, 0.6) is 0 Å². The number of nitrogens with two attached hydrogens (primary N) is 1. The average Bonchev–Trinajstić information content (AvgIpc) is 3.17. The lowest BCUT2D eigenvalue weighted by Crippen LogP contribution is -2.54. The van der Waals surface area contributed by atoms with Gasteiger partial charge in [-0.3, -0.25) is 23.9 Å². The Morgan fingerprint density at radius 2 is 2.03 bits per heavy atom. The number of hydrogen-bond donors (Lipinski definition) is 6. The Bertz CT molecular complexity index is 1110. The van der Waals surface area contributed by atoms with Crippen molar-refractivity contribution in [3.05, 3.63) is 44.9 Å². The van der Waals surface area contributed by atoms with E-state index in [1.54, 1.807) is 11.8 Å². The molecule has 1 saturated heterocycles. The summed E-state index contributed by atoms with van der Waals surface area (Å²) >= 11 is 1.61. The first-order valence-corrected chi connectivity index (χ1v) is 12.6. The number of aromatic amines is 1. The van der Waals surface area contributed by atoms with Gasteiger partial charge in [-0.05, 0) is 24.5 Å². The number of amides is 2. The van der Waals surface area contributed by atoms with Crippen LogP contribution in [0.3, 0.4) is 0 Å². The van der Waals surface area contributed by atoms with E-state index in [9.17, 15) is 34.5 Å². The molecule has 0 spiro atoms. The van der Waals surface area contributed by atoms with Gasteiger partial charge in [0.1, 0.15) is 30.5 Å². The van der Waals surface area contributed by atoms with Gasteiger partial charge in [0, 0.05) is 25.9 Å². The van der Waals surface area contributed by atoms with E-state index in [0.717, 1.165) is 28.7 Å². The molecule has 206 valence electrons. The molecule has 3 heterocycles. The highest BCUT2D eigenvalue weighted by molar-refractivity contribution is 7.98. The van der Waals surface area contributed by atoms with Crippen molar-refractivity contribution >= 4 is 23.6 Å². The second-order valence-corrected chi connectivity index (χ2v) is 9.24. The van der Waals surface area contributed by atoms with Gasteiger partial charge in [-0.2, -0.15) is 11.8 Å². The highest BCUT2D eigenvalue weighted by Gasteiger charge is 2.52. The van der Waals surface area contributed by atoms with E-state index in [2.05, 4.69) is 5.32 Å². The predicted octanol–water partition coefficient (Wildman–Crippen LogP) is -3.49. The van der Waals surface area contributed by atoms with E-state index in [-0.39, 0.29) is 5.76 Å². The molecular formula is C21H30N4O11S. The van der Waals surface area contributed by atoms with Crippen LogP contribution in [-0.4, -0.2) is 105 Å². The first-order chi connectivity index (χ1) is 17.6. The fourth-order valence-electron chi connectivity index (χ4n) is 3.89. The molecule has 16 heteroatoms. The summed E-state index contributed by atoms with van der Waals surface area (Å²) in [5.41, 5.74) is 3.94. The normalized spacial score (nSPS) is 30.3. The molecule has 2 aliphatic heterocycles. The van der Waals surface area contributed by atoms with Crippen LogP contribution < -0.4 is 22.3 Å².